The number of hydrogen-bond donors (Lipinski definition) is 2. The summed E-state index contributed by atoms with van der Waals surface area (Å²) < 4.78 is 32.5. The molecule has 2 fully saturated rings. The second-order valence-electron chi connectivity index (χ2n) is 7.07. The van der Waals surface area contributed by atoms with Crippen molar-refractivity contribution in [1.82, 2.24) is 10.2 Å². The lowest BCUT2D eigenvalue weighted by molar-refractivity contribution is -0.135. The Bertz CT molecular complexity index is 754. The molecule has 3 amide bonds. The molecular weight excluding hydrogens is 372 g/mol. The van der Waals surface area contributed by atoms with Crippen molar-refractivity contribution >= 4 is 23.6 Å². The first-order chi connectivity index (χ1) is 13.4. The number of likely N-dealkylation sites (tertiary alicyclic amines) is 1. The van der Waals surface area contributed by atoms with Gasteiger partial charge in [0, 0.05) is 19.1 Å². The number of carbonyl (C=O) groups is 3. The van der Waals surface area contributed by atoms with Gasteiger partial charge in [0.25, 0.3) is 0 Å². The van der Waals surface area contributed by atoms with Crippen LogP contribution in [0.25, 0.3) is 0 Å². The lowest BCUT2D eigenvalue weighted by atomic mass is 10.0. The van der Waals surface area contributed by atoms with Crippen molar-refractivity contribution in [3.8, 4) is 0 Å². The highest BCUT2D eigenvalue weighted by molar-refractivity contribution is 6.13. The molecule has 1 heterocycles. The Morgan fingerprint density at radius 2 is 1.75 bits per heavy atom. The molecule has 1 saturated carbocycles. The van der Waals surface area contributed by atoms with E-state index >= 15 is 0 Å². The van der Waals surface area contributed by atoms with Crippen LogP contribution < -0.4 is 10.6 Å². The smallest absolute Gasteiger partial charge is 0.409 e. The molecule has 28 heavy (non-hydrogen) atoms. The number of para-hydroxylation sites is 1. The van der Waals surface area contributed by atoms with Crippen LogP contribution in [-0.4, -0.2) is 48.5 Å². The van der Waals surface area contributed by atoms with Crippen molar-refractivity contribution in [2.24, 2.45) is 5.41 Å². The zero-order chi connectivity index (χ0) is 20.3. The molecule has 1 aliphatic carbocycles. The fourth-order valence-electron chi connectivity index (χ4n) is 3.28. The minimum atomic E-state index is -1.30. The Morgan fingerprint density at radius 1 is 1.14 bits per heavy atom. The van der Waals surface area contributed by atoms with Crippen molar-refractivity contribution in [1.29, 1.82) is 0 Å². The van der Waals surface area contributed by atoms with Crippen molar-refractivity contribution in [3.63, 3.8) is 0 Å². The van der Waals surface area contributed by atoms with Crippen LogP contribution in [0.1, 0.15) is 32.6 Å². The van der Waals surface area contributed by atoms with E-state index in [1.54, 1.807) is 11.8 Å². The maximum absolute atomic E-state index is 13.8. The number of halogens is 2. The van der Waals surface area contributed by atoms with Gasteiger partial charge in [-0.2, -0.15) is 0 Å². The molecule has 2 aliphatic rings. The molecule has 7 nitrogen and oxygen atoms in total. The fraction of sp³-hybridized carbons (Fsp3) is 0.526. The van der Waals surface area contributed by atoms with E-state index in [1.165, 1.54) is 6.07 Å². The lowest BCUT2D eigenvalue weighted by Crippen LogP contribution is -2.50. The molecule has 0 atom stereocenters. The van der Waals surface area contributed by atoms with Crippen molar-refractivity contribution < 1.29 is 27.9 Å². The number of piperidine rings is 1. The molecule has 0 spiro atoms. The van der Waals surface area contributed by atoms with Gasteiger partial charge >= 0.3 is 6.09 Å². The van der Waals surface area contributed by atoms with Crippen molar-refractivity contribution in [2.75, 3.05) is 25.0 Å². The summed E-state index contributed by atoms with van der Waals surface area (Å²) in [6.45, 7) is 2.93. The van der Waals surface area contributed by atoms with E-state index in [-0.39, 0.29) is 12.1 Å². The van der Waals surface area contributed by atoms with Crippen LogP contribution in [0.3, 0.4) is 0 Å². The largest absolute Gasteiger partial charge is 0.450 e. The summed E-state index contributed by atoms with van der Waals surface area (Å²) in [6.07, 6.45) is 1.36. The number of hydrogen-bond acceptors (Lipinski definition) is 4. The van der Waals surface area contributed by atoms with Crippen LogP contribution in [0, 0.1) is 17.0 Å². The summed E-state index contributed by atoms with van der Waals surface area (Å²) in [5, 5.41) is 5.06. The highest BCUT2D eigenvalue weighted by Gasteiger charge is 2.57. The highest BCUT2D eigenvalue weighted by Crippen LogP contribution is 2.47. The molecule has 0 radical (unpaired) electrons. The number of carbonyl (C=O) groups excluding carboxylic acids is 3. The van der Waals surface area contributed by atoms with Crippen LogP contribution in [0.2, 0.25) is 0 Å². The van der Waals surface area contributed by atoms with E-state index in [2.05, 4.69) is 10.6 Å². The molecular formula is C19H23F2N3O4. The summed E-state index contributed by atoms with van der Waals surface area (Å²) >= 11 is 0. The molecule has 1 saturated heterocycles. The summed E-state index contributed by atoms with van der Waals surface area (Å²) in [5.41, 5.74) is -1.85. The third-order valence-electron chi connectivity index (χ3n) is 5.18. The molecule has 1 aromatic rings. The minimum Gasteiger partial charge on any atom is -0.450 e. The molecule has 9 heteroatoms. The first-order valence-electron chi connectivity index (χ1n) is 9.35. The summed E-state index contributed by atoms with van der Waals surface area (Å²) in [5.74, 6) is -2.94. The number of benzene rings is 1. The standard InChI is InChI=1S/C19H23F2N3O4/c1-2-28-18(27)24-10-6-12(7-11-24)22-16(25)19(8-9-19)17(26)23-15-13(20)4-3-5-14(15)21/h3-5,12H,2,6-11H2,1H3,(H,22,25)(H,23,26). The number of nitrogens with zero attached hydrogens (tertiary/aromatic N) is 1. The first kappa shape index (κ1) is 20.0. The van der Waals surface area contributed by atoms with Gasteiger partial charge in [-0.15, -0.1) is 0 Å². The number of amides is 3. The van der Waals surface area contributed by atoms with Gasteiger partial charge in [-0.3, -0.25) is 9.59 Å². The van der Waals surface area contributed by atoms with E-state index in [9.17, 15) is 23.2 Å². The van der Waals surface area contributed by atoms with Gasteiger partial charge < -0.3 is 20.3 Å². The average molecular weight is 395 g/mol. The second-order valence-corrected chi connectivity index (χ2v) is 7.07. The SMILES string of the molecule is CCOC(=O)N1CCC(NC(=O)C2(C(=O)Nc3c(F)cccc3F)CC2)CC1. The maximum Gasteiger partial charge on any atom is 0.409 e. The predicted molar refractivity (Wildman–Crippen MR) is 96.4 cm³/mol. The Balaban J connectivity index is 1.56. The molecule has 0 unspecified atom stereocenters. The first-order valence-corrected chi connectivity index (χ1v) is 9.35. The predicted octanol–water partition coefficient (Wildman–Crippen LogP) is 2.42. The van der Waals surface area contributed by atoms with Crippen LogP contribution in [0.5, 0.6) is 0 Å². The van der Waals surface area contributed by atoms with Gasteiger partial charge in [-0.1, -0.05) is 6.07 Å². The molecule has 0 bridgehead atoms. The Labute approximate surface area is 161 Å². The van der Waals surface area contributed by atoms with E-state index in [0.717, 1.165) is 12.1 Å². The lowest BCUT2D eigenvalue weighted by Gasteiger charge is -2.32. The van der Waals surface area contributed by atoms with Gasteiger partial charge in [-0.25, -0.2) is 13.6 Å². The third kappa shape index (κ3) is 4.07. The van der Waals surface area contributed by atoms with Crippen LogP contribution >= 0.6 is 0 Å². The normalized spacial score (nSPS) is 18.3. The topological polar surface area (TPSA) is 87.7 Å². The number of nitrogens with one attached hydrogen (secondary N) is 2. The molecule has 0 aromatic heterocycles. The maximum atomic E-state index is 13.8. The van der Waals surface area contributed by atoms with Crippen LogP contribution in [-0.2, 0) is 14.3 Å². The van der Waals surface area contributed by atoms with E-state index in [4.69, 9.17) is 4.74 Å². The quantitative estimate of drug-likeness (QED) is 0.750. The number of anilines is 1. The average Bonchev–Trinajstić information content (AvgIpc) is 3.47. The number of ether oxygens (including phenoxy) is 1. The summed E-state index contributed by atoms with van der Waals surface area (Å²) in [7, 11) is 0. The third-order valence-corrected chi connectivity index (χ3v) is 5.18. The zero-order valence-corrected chi connectivity index (χ0v) is 15.6. The highest BCUT2D eigenvalue weighted by atomic mass is 19.1. The molecule has 2 N–H and O–H groups in total. The Morgan fingerprint density at radius 3 is 2.29 bits per heavy atom. The minimum absolute atomic E-state index is 0.173. The fourth-order valence-corrected chi connectivity index (χ4v) is 3.28. The van der Waals surface area contributed by atoms with E-state index in [0.29, 0.717) is 45.4 Å². The van der Waals surface area contributed by atoms with E-state index < -0.39 is 34.6 Å². The Kier molecular flexibility index (Phi) is 5.81. The zero-order valence-electron chi connectivity index (χ0n) is 15.6. The van der Waals surface area contributed by atoms with Gasteiger partial charge in [-0.05, 0) is 44.7 Å². The van der Waals surface area contributed by atoms with Gasteiger partial charge in [0.05, 0.1) is 6.61 Å². The van der Waals surface area contributed by atoms with Crippen LogP contribution in [0.4, 0.5) is 19.3 Å². The van der Waals surface area contributed by atoms with Crippen molar-refractivity contribution in [3.05, 3.63) is 29.8 Å². The van der Waals surface area contributed by atoms with Gasteiger partial charge in [0.2, 0.25) is 11.8 Å². The molecule has 152 valence electrons. The second kappa shape index (κ2) is 8.12. The summed E-state index contributed by atoms with van der Waals surface area (Å²) in [6, 6.07) is 3.10. The van der Waals surface area contributed by atoms with E-state index in [1.807, 2.05) is 0 Å². The monoisotopic (exact) mass is 395 g/mol. The van der Waals surface area contributed by atoms with Crippen LogP contribution in [0.15, 0.2) is 18.2 Å². The number of rotatable bonds is 5. The molecule has 1 aliphatic heterocycles. The van der Waals surface area contributed by atoms with Gasteiger partial charge in [0.1, 0.15) is 22.7 Å². The Hall–Kier alpha value is -2.71. The van der Waals surface area contributed by atoms with Crippen molar-refractivity contribution in [2.45, 2.75) is 38.6 Å². The summed E-state index contributed by atoms with van der Waals surface area (Å²) in [4.78, 5) is 38.5. The van der Waals surface area contributed by atoms with Gasteiger partial charge in [0.15, 0.2) is 0 Å². The molecule has 1 aromatic carbocycles. The molecule has 3 rings (SSSR count).